The van der Waals surface area contributed by atoms with Crippen molar-refractivity contribution in [3.8, 4) is 0 Å². The number of nitrogen functional groups attached to an aromatic ring is 1. The van der Waals surface area contributed by atoms with Gasteiger partial charge in [0.2, 0.25) is 0 Å². The lowest BCUT2D eigenvalue weighted by atomic mass is 10.1. The van der Waals surface area contributed by atoms with E-state index in [1.807, 2.05) is 23.1 Å². The third-order valence-corrected chi connectivity index (χ3v) is 9.06. The van der Waals surface area contributed by atoms with Gasteiger partial charge in [0.15, 0.2) is 0 Å². The molecule has 0 bridgehead atoms. The van der Waals surface area contributed by atoms with Crippen LogP contribution in [0.4, 0.5) is 16.5 Å². The highest BCUT2D eigenvalue weighted by molar-refractivity contribution is 8.06. The SMILES string of the molecule is CN(C)c1ccc(C2=Cc3cc4c(N)c(N5CC=C(C6=CCC=CS6)C5)sc4cc3C2)n1C. The summed E-state index contributed by atoms with van der Waals surface area (Å²) in [6, 6.07) is 9.09. The summed E-state index contributed by atoms with van der Waals surface area (Å²) in [6.45, 7) is 1.87. The number of fused-ring (bicyclic) bond motifs is 2. The van der Waals surface area contributed by atoms with Crippen LogP contribution in [0.15, 0.2) is 58.4 Å². The molecule has 3 aromatic rings. The molecule has 33 heavy (non-hydrogen) atoms. The molecule has 168 valence electrons. The maximum atomic E-state index is 6.73. The topological polar surface area (TPSA) is 37.4 Å². The monoisotopic (exact) mass is 472 g/mol. The van der Waals surface area contributed by atoms with Gasteiger partial charge in [0.1, 0.15) is 10.8 Å². The Morgan fingerprint density at radius 3 is 2.73 bits per heavy atom. The lowest BCUT2D eigenvalue weighted by Crippen LogP contribution is -2.19. The number of hydrogen-bond acceptors (Lipinski definition) is 5. The first-order chi connectivity index (χ1) is 16.0. The Labute approximate surface area is 203 Å². The van der Waals surface area contributed by atoms with Gasteiger partial charge in [-0.15, -0.1) is 11.3 Å². The van der Waals surface area contributed by atoms with E-state index >= 15 is 0 Å². The van der Waals surface area contributed by atoms with Crippen molar-refractivity contribution in [1.29, 1.82) is 0 Å². The summed E-state index contributed by atoms with van der Waals surface area (Å²) >= 11 is 3.67. The van der Waals surface area contributed by atoms with E-state index in [0.717, 1.165) is 31.6 Å². The predicted octanol–water partition coefficient (Wildman–Crippen LogP) is 6.27. The molecule has 0 atom stereocenters. The average Bonchev–Trinajstić information content (AvgIpc) is 3.58. The van der Waals surface area contributed by atoms with Gasteiger partial charge in [-0.25, -0.2) is 0 Å². The third kappa shape index (κ3) is 3.44. The number of benzene rings is 1. The van der Waals surface area contributed by atoms with Crippen LogP contribution < -0.4 is 15.5 Å². The highest BCUT2D eigenvalue weighted by Crippen LogP contribution is 2.46. The highest BCUT2D eigenvalue weighted by Gasteiger charge is 2.24. The van der Waals surface area contributed by atoms with E-state index in [0.29, 0.717) is 0 Å². The zero-order valence-electron chi connectivity index (χ0n) is 19.3. The minimum atomic E-state index is 0.924. The third-order valence-electron chi connectivity index (χ3n) is 6.82. The molecule has 0 amide bonds. The molecule has 2 N–H and O–H groups in total. The van der Waals surface area contributed by atoms with Crippen molar-refractivity contribution in [2.24, 2.45) is 7.05 Å². The summed E-state index contributed by atoms with van der Waals surface area (Å²) in [4.78, 5) is 5.98. The molecule has 0 fully saturated rings. The van der Waals surface area contributed by atoms with Crippen molar-refractivity contribution in [2.75, 3.05) is 42.7 Å². The molecule has 4 nitrogen and oxygen atoms in total. The zero-order valence-corrected chi connectivity index (χ0v) is 20.9. The Kier molecular flexibility index (Phi) is 4.96. The van der Waals surface area contributed by atoms with Crippen molar-refractivity contribution < 1.29 is 0 Å². The largest absolute Gasteiger partial charge is 0.396 e. The van der Waals surface area contributed by atoms with Crippen LogP contribution in [0, 0.1) is 0 Å². The van der Waals surface area contributed by atoms with Gasteiger partial charge in [0.05, 0.1) is 5.69 Å². The molecule has 0 saturated carbocycles. The first-order valence-electron chi connectivity index (χ1n) is 11.3. The van der Waals surface area contributed by atoms with Crippen molar-refractivity contribution in [2.45, 2.75) is 12.8 Å². The summed E-state index contributed by atoms with van der Waals surface area (Å²) in [5.41, 5.74) is 14.4. The van der Waals surface area contributed by atoms with Gasteiger partial charge >= 0.3 is 0 Å². The van der Waals surface area contributed by atoms with Gasteiger partial charge in [-0.2, -0.15) is 0 Å². The quantitative estimate of drug-likeness (QED) is 0.486. The normalized spacial score (nSPS) is 17.4. The smallest absolute Gasteiger partial charge is 0.116 e. The van der Waals surface area contributed by atoms with Crippen LogP contribution in [-0.2, 0) is 13.5 Å². The van der Waals surface area contributed by atoms with Crippen molar-refractivity contribution in [3.63, 3.8) is 0 Å². The number of rotatable bonds is 4. The Hall–Kier alpha value is -2.83. The molecule has 2 aliphatic heterocycles. The van der Waals surface area contributed by atoms with E-state index in [1.165, 1.54) is 53.8 Å². The second-order valence-electron chi connectivity index (χ2n) is 9.15. The summed E-state index contributed by atoms with van der Waals surface area (Å²) in [5, 5.41) is 4.60. The van der Waals surface area contributed by atoms with Gasteiger partial charge in [-0.3, -0.25) is 0 Å². The van der Waals surface area contributed by atoms with Crippen LogP contribution in [-0.4, -0.2) is 31.8 Å². The van der Waals surface area contributed by atoms with E-state index in [2.05, 4.69) is 89.5 Å². The number of aromatic nitrogens is 1. The van der Waals surface area contributed by atoms with Crippen LogP contribution in [0.3, 0.4) is 0 Å². The van der Waals surface area contributed by atoms with Crippen molar-refractivity contribution in [1.82, 2.24) is 4.57 Å². The fourth-order valence-corrected chi connectivity index (χ4v) is 7.13. The Balaban J connectivity index is 1.29. The molecule has 0 unspecified atom stereocenters. The summed E-state index contributed by atoms with van der Waals surface area (Å²) in [5.74, 6) is 1.22. The van der Waals surface area contributed by atoms with Gasteiger partial charge < -0.3 is 20.1 Å². The first kappa shape index (κ1) is 20.8. The number of thiophene rings is 1. The number of nitrogens with two attached hydrogens (primary N) is 1. The predicted molar refractivity (Wildman–Crippen MR) is 147 cm³/mol. The molecule has 1 aromatic carbocycles. The van der Waals surface area contributed by atoms with Gasteiger partial charge in [-0.05, 0) is 64.4 Å². The molecule has 0 radical (unpaired) electrons. The molecular formula is C27H28N4S2. The molecule has 6 heteroatoms. The first-order valence-corrected chi connectivity index (χ1v) is 13.0. The fraction of sp³-hybridized carbons (Fsp3) is 0.259. The summed E-state index contributed by atoms with van der Waals surface area (Å²) in [7, 11) is 6.33. The number of hydrogen-bond donors (Lipinski definition) is 1. The number of thioether (sulfide) groups is 1. The number of anilines is 3. The van der Waals surface area contributed by atoms with Crippen LogP contribution in [0.2, 0.25) is 0 Å². The molecule has 0 spiro atoms. The van der Waals surface area contributed by atoms with Crippen molar-refractivity contribution in [3.05, 3.63) is 75.2 Å². The van der Waals surface area contributed by atoms with E-state index in [9.17, 15) is 0 Å². The van der Waals surface area contributed by atoms with Crippen LogP contribution in [0.5, 0.6) is 0 Å². The minimum Gasteiger partial charge on any atom is -0.396 e. The zero-order chi connectivity index (χ0) is 22.7. The number of allylic oxidation sites excluding steroid dienone is 3. The van der Waals surface area contributed by atoms with Gasteiger partial charge in [0, 0.05) is 61.3 Å². The molecule has 6 rings (SSSR count). The van der Waals surface area contributed by atoms with E-state index < -0.39 is 0 Å². The fourth-order valence-electron chi connectivity index (χ4n) is 5.11. The van der Waals surface area contributed by atoms with Gasteiger partial charge in [-0.1, -0.05) is 30.0 Å². The lowest BCUT2D eigenvalue weighted by Gasteiger charge is -2.18. The van der Waals surface area contributed by atoms with Crippen LogP contribution in [0.25, 0.3) is 21.7 Å². The minimum absolute atomic E-state index is 0.924. The van der Waals surface area contributed by atoms with Crippen molar-refractivity contribution >= 4 is 61.3 Å². The molecule has 3 aliphatic rings. The van der Waals surface area contributed by atoms with E-state index in [-0.39, 0.29) is 0 Å². The Bertz CT molecular complexity index is 1400. The van der Waals surface area contributed by atoms with Gasteiger partial charge in [0.25, 0.3) is 0 Å². The molecule has 1 aliphatic carbocycles. The highest BCUT2D eigenvalue weighted by atomic mass is 32.2. The van der Waals surface area contributed by atoms with E-state index in [1.54, 1.807) is 0 Å². The maximum absolute atomic E-state index is 6.73. The molecule has 4 heterocycles. The summed E-state index contributed by atoms with van der Waals surface area (Å²) < 4.78 is 3.57. The van der Waals surface area contributed by atoms with Crippen LogP contribution in [0.1, 0.15) is 23.2 Å². The van der Waals surface area contributed by atoms with Crippen LogP contribution >= 0.6 is 23.1 Å². The average molecular weight is 473 g/mol. The second kappa shape index (κ2) is 7.89. The Morgan fingerprint density at radius 2 is 1.97 bits per heavy atom. The number of nitrogens with zero attached hydrogens (tertiary/aromatic N) is 3. The standard InChI is InChI=1S/C27H28N4S2/c1-29(2)25-8-7-22(30(25)3)20-12-18-14-21-24(15-19(18)13-20)33-27(26(21)28)31-10-9-17(16-31)23-6-4-5-11-32-23/h5-9,11-12,14-15H,4,10,13,16,28H2,1-3H3. The van der Waals surface area contributed by atoms with E-state index in [4.69, 9.17) is 5.73 Å². The maximum Gasteiger partial charge on any atom is 0.116 e. The Morgan fingerprint density at radius 1 is 1.09 bits per heavy atom. The molecule has 2 aromatic heterocycles. The lowest BCUT2D eigenvalue weighted by molar-refractivity contribution is 0.870. The molecule has 0 saturated heterocycles. The second-order valence-corrected chi connectivity index (χ2v) is 11.1. The molecular weight excluding hydrogens is 444 g/mol. The summed E-state index contributed by atoms with van der Waals surface area (Å²) in [6.07, 6.45) is 11.2.